The standard InChI is InChI=1S/C21H21F2NO5S/c1-3-28-20(26)17-12-8-7-11(2)9-15(12)30-19(17)24-16(25)10-29-21(27)18-13(22)5-4-6-14(18)23/h4-6,11H,3,7-10H2,1-2H3,(H,24,25)/t11-/m1/s1. The van der Waals surface area contributed by atoms with Crippen molar-refractivity contribution < 1.29 is 32.6 Å². The Morgan fingerprint density at radius 3 is 2.47 bits per heavy atom. The number of nitrogens with one attached hydrogen (secondary N) is 1. The predicted octanol–water partition coefficient (Wildman–Crippen LogP) is 4.12. The van der Waals surface area contributed by atoms with Crippen LogP contribution in [0.3, 0.4) is 0 Å². The minimum absolute atomic E-state index is 0.194. The Labute approximate surface area is 176 Å². The van der Waals surface area contributed by atoms with Gasteiger partial charge < -0.3 is 14.8 Å². The summed E-state index contributed by atoms with van der Waals surface area (Å²) in [5.74, 6) is -4.23. The third-order valence-corrected chi connectivity index (χ3v) is 5.92. The average molecular weight is 437 g/mol. The molecule has 1 aromatic carbocycles. The highest BCUT2D eigenvalue weighted by atomic mass is 32.1. The van der Waals surface area contributed by atoms with Gasteiger partial charge in [-0.3, -0.25) is 4.79 Å². The van der Waals surface area contributed by atoms with E-state index in [0.717, 1.165) is 41.5 Å². The fourth-order valence-corrected chi connectivity index (χ4v) is 4.73. The molecule has 0 bridgehead atoms. The second kappa shape index (κ2) is 9.34. The molecule has 1 aromatic heterocycles. The highest BCUT2D eigenvalue weighted by molar-refractivity contribution is 7.17. The van der Waals surface area contributed by atoms with Gasteiger partial charge >= 0.3 is 11.9 Å². The number of ether oxygens (including phenoxy) is 2. The summed E-state index contributed by atoms with van der Waals surface area (Å²) in [6.45, 7) is 3.25. The third-order valence-electron chi connectivity index (χ3n) is 4.75. The van der Waals surface area contributed by atoms with Crippen molar-refractivity contribution in [1.29, 1.82) is 0 Å². The van der Waals surface area contributed by atoms with Crippen molar-refractivity contribution in [3.63, 3.8) is 0 Å². The molecule has 0 saturated heterocycles. The summed E-state index contributed by atoms with van der Waals surface area (Å²) >= 11 is 1.29. The Kier molecular flexibility index (Phi) is 6.81. The maximum absolute atomic E-state index is 13.7. The van der Waals surface area contributed by atoms with Crippen molar-refractivity contribution in [3.8, 4) is 0 Å². The molecule has 160 valence electrons. The van der Waals surface area contributed by atoms with Crippen molar-refractivity contribution >= 4 is 34.2 Å². The summed E-state index contributed by atoms with van der Waals surface area (Å²) in [5.41, 5.74) is 0.332. The lowest BCUT2D eigenvalue weighted by molar-refractivity contribution is -0.119. The van der Waals surface area contributed by atoms with E-state index >= 15 is 0 Å². The Hall–Kier alpha value is -2.81. The zero-order chi connectivity index (χ0) is 21.8. The van der Waals surface area contributed by atoms with Gasteiger partial charge in [-0.25, -0.2) is 18.4 Å². The molecule has 30 heavy (non-hydrogen) atoms. The molecule has 0 radical (unpaired) electrons. The molecule has 1 heterocycles. The van der Waals surface area contributed by atoms with Gasteiger partial charge in [0.15, 0.2) is 6.61 Å². The summed E-state index contributed by atoms with van der Waals surface area (Å²) in [6, 6.07) is 2.95. The smallest absolute Gasteiger partial charge is 0.344 e. The first-order valence-electron chi connectivity index (χ1n) is 9.54. The van der Waals surface area contributed by atoms with Crippen molar-refractivity contribution in [2.24, 2.45) is 5.92 Å². The first kappa shape index (κ1) is 21.9. The number of carbonyl (C=O) groups is 3. The van der Waals surface area contributed by atoms with E-state index in [1.54, 1.807) is 6.92 Å². The van der Waals surface area contributed by atoms with Crippen LogP contribution in [0.15, 0.2) is 18.2 Å². The van der Waals surface area contributed by atoms with E-state index in [2.05, 4.69) is 12.2 Å². The molecule has 0 saturated carbocycles. The van der Waals surface area contributed by atoms with Gasteiger partial charge in [-0.05, 0) is 49.8 Å². The molecule has 3 rings (SSSR count). The molecule has 0 fully saturated rings. The Morgan fingerprint density at radius 1 is 1.13 bits per heavy atom. The van der Waals surface area contributed by atoms with Gasteiger partial charge in [-0.1, -0.05) is 13.0 Å². The molecule has 1 aliphatic carbocycles. The third kappa shape index (κ3) is 4.67. The maximum Gasteiger partial charge on any atom is 0.344 e. The number of thiophene rings is 1. The lowest BCUT2D eigenvalue weighted by atomic mass is 9.88. The largest absolute Gasteiger partial charge is 0.462 e. The average Bonchev–Trinajstić information content (AvgIpc) is 3.03. The van der Waals surface area contributed by atoms with Crippen LogP contribution in [0.4, 0.5) is 13.8 Å². The lowest BCUT2D eigenvalue weighted by Gasteiger charge is -2.18. The maximum atomic E-state index is 13.7. The van der Waals surface area contributed by atoms with Gasteiger partial charge in [0.05, 0.1) is 12.2 Å². The minimum Gasteiger partial charge on any atom is -0.462 e. The van der Waals surface area contributed by atoms with Crippen LogP contribution in [0.25, 0.3) is 0 Å². The zero-order valence-electron chi connectivity index (χ0n) is 16.6. The molecule has 1 atom stereocenters. The van der Waals surface area contributed by atoms with Gasteiger partial charge in [0.25, 0.3) is 5.91 Å². The van der Waals surface area contributed by atoms with Gasteiger partial charge in [0.1, 0.15) is 22.2 Å². The number of amides is 1. The summed E-state index contributed by atoms with van der Waals surface area (Å²) in [4.78, 5) is 37.7. The quantitative estimate of drug-likeness (QED) is 0.688. The van der Waals surface area contributed by atoms with Crippen molar-refractivity contribution in [1.82, 2.24) is 0 Å². The van der Waals surface area contributed by atoms with E-state index in [-0.39, 0.29) is 6.61 Å². The minimum atomic E-state index is -1.29. The first-order chi connectivity index (χ1) is 14.3. The lowest BCUT2D eigenvalue weighted by Crippen LogP contribution is -2.22. The highest BCUT2D eigenvalue weighted by Crippen LogP contribution is 2.40. The molecule has 1 N–H and O–H groups in total. The number of fused-ring (bicyclic) bond motifs is 1. The van der Waals surface area contributed by atoms with Crippen LogP contribution in [0.2, 0.25) is 0 Å². The number of rotatable bonds is 6. The predicted molar refractivity (Wildman–Crippen MR) is 107 cm³/mol. The van der Waals surface area contributed by atoms with E-state index in [0.29, 0.717) is 22.9 Å². The number of carbonyl (C=O) groups excluding carboxylic acids is 3. The number of benzene rings is 1. The van der Waals surface area contributed by atoms with Crippen LogP contribution in [-0.2, 0) is 27.1 Å². The number of halogens is 2. The van der Waals surface area contributed by atoms with E-state index in [9.17, 15) is 23.2 Å². The van der Waals surface area contributed by atoms with Gasteiger partial charge in [0.2, 0.25) is 0 Å². The van der Waals surface area contributed by atoms with Crippen LogP contribution >= 0.6 is 11.3 Å². The molecular weight excluding hydrogens is 416 g/mol. The molecule has 1 amide bonds. The molecule has 2 aromatic rings. The van der Waals surface area contributed by atoms with E-state index in [1.165, 1.54) is 11.3 Å². The second-order valence-electron chi connectivity index (χ2n) is 7.00. The molecule has 0 spiro atoms. The normalized spacial score (nSPS) is 15.3. The SMILES string of the molecule is CCOC(=O)c1c(NC(=O)COC(=O)c2c(F)cccc2F)sc2c1CC[C@@H](C)C2. The van der Waals surface area contributed by atoms with Crippen LogP contribution < -0.4 is 5.32 Å². The van der Waals surface area contributed by atoms with Crippen molar-refractivity contribution in [2.75, 3.05) is 18.5 Å². The zero-order valence-corrected chi connectivity index (χ0v) is 17.4. The molecule has 9 heteroatoms. The number of hydrogen-bond donors (Lipinski definition) is 1. The van der Waals surface area contributed by atoms with Gasteiger partial charge in [0, 0.05) is 4.88 Å². The van der Waals surface area contributed by atoms with Crippen LogP contribution in [0, 0.1) is 17.6 Å². The summed E-state index contributed by atoms with van der Waals surface area (Å²) < 4.78 is 37.2. The number of anilines is 1. The Bertz CT molecular complexity index is 968. The fraction of sp³-hybridized carbons (Fsp3) is 0.381. The highest BCUT2D eigenvalue weighted by Gasteiger charge is 2.29. The molecule has 0 aliphatic heterocycles. The first-order valence-corrected chi connectivity index (χ1v) is 10.4. The van der Waals surface area contributed by atoms with Crippen LogP contribution in [0.5, 0.6) is 0 Å². The number of hydrogen-bond acceptors (Lipinski definition) is 6. The fourth-order valence-electron chi connectivity index (χ4n) is 3.32. The summed E-state index contributed by atoms with van der Waals surface area (Å²) in [7, 11) is 0. The van der Waals surface area contributed by atoms with E-state index < -0.39 is 41.7 Å². The number of esters is 2. The second-order valence-corrected chi connectivity index (χ2v) is 8.10. The summed E-state index contributed by atoms with van der Waals surface area (Å²) in [5, 5.41) is 2.90. The molecule has 6 nitrogen and oxygen atoms in total. The van der Waals surface area contributed by atoms with Crippen molar-refractivity contribution in [2.45, 2.75) is 33.1 Å². The van der Waals surface area contributed by atoms with Gasteiger partial charge in [-0.15, -0.1) is 11.3 Å². The molecule has 1 aliphatic rings. The van der Waals surface area contributed by atoms with E-state index in [1.807, 2.05) is 0 Å². The van der Waals surface area contributed by atoms with Crippen LogP contribution in [-0.4, -0.2) is 31.1 Å². The topological polar surface area (TPSA) is 81.7 Å². The van der Waals surface area contributed by atoms with Gasteiger partial charge in [-0.2, -0.15) is 0 Å². The molecular formula is C21H21F2NO5S. The molecule has 0 unspecified atom stereocenters. The Morgan fingerprint density at radius 2 is 1.80 bits per heavy atom. The van der Waals surface area contributed by atoms with E-state index in [4.69, 9.17) is 9.47 Å². The Balaban J connectivity index is 1.73. The monoisotopic (exact) mass is 437 g/mol. The van der Waals surface area contributed by atoms with Crippen LogP contribution in [0.1, 0.15) is 51.4 Å². The summed E-state index contributed by atoms with van der Waals surface area (Å²) in [6.07, 6.45) is 2.43. The van der Waals surface area contributed by atoms with Crippen molar-refractivity contribution in [3.05, 3.63) is 51.4 Å².